The summed E-state index contributed by atoms with van der Waals surface area (Å²) in [6.07, 6.45) is -1.62. The SMILES string of the molecule is COC(=O)[C@@H](O)CC(=O)[C@H](C)CO[Si](C)(C)C(C)(C)C(C)C. The highest BCUT2D eigenvalue weighted by Crippen LogP contribution is 2.44. The summed E-state index contributed by atoms with van der Waals surface area (Å²) in [5, 5.41) is 9.62. The summed E-state index contributed by atoms with van der Waals surface area (Å²) < 4.78 is 10.5. The first-order valence-corrected chi connectivity index (χ1v) is 10.7. The third-order valence-electron chi connectivity index (χ3n) is 5.11. The number of esters is 1. The van der Waals surface area contributed by atoms with E-state index >= 15 is 0 Å². The highest BCUT2D eigenvalue weighted by molar-refractivity contribution is 6.74. The Morgan fingerprint density at radius 1 is 1.18 bits per heavy atom. The van der Waals surface area contributed by atoms with Crippen molar-refractivity contribution >= 4 is 20.1 Å². The Labute approximate surface area is 135 Å². The number of rotatable bonds is 9. The van der Waals surface area contributed by atoms with Crippen molar-refractivity contribution in [2.75, 3.05) is 13.7 Å². The molecule has 0 aliphatic heterocycles. The number of carbonyl (C=O) groups excluding carboxylic acids is 2. The lowest BCUT2D eigenvalue weighted by atomic mass is 9.99. The van der Waals surface area contributed by atoms with Gasteiger partial charge in [-0.25, -0.2) is 4.79 Å². The van der Waals surface area contributed by atoms with Gasteiger partial charge in [0.05, 0.1) is 7.11 Å². The lowest BCUT2D eigenvalue weighted by molar-refractivity contribution is -0.152. The van der Waals surface area contributed by atoms with E-state index in [0.29, 0.717) is 12.5 Å². The molecule has 5 nitrogen and oxygen atoms in total. The molecule has 0 aromatic carbocycles. The van der Waals surface area contributed by atoms with Gasteiger partial charge in [0.25, 0.3) is 0 Å². The number of aliphatic hydroxyl groups is 1. The molecule has 2 atom stereocenters. The van der Waals surface area contributed by atoms with Gasteiger partial charge in [0.15, 0.2) is 14.4 Å². The standard InChI is InChI=1S/C16H32O5Si/c1-11(2)16(4,5)22(7,8)21-10-12(3)13(17)9-14(18)15(19)20-6/h11-12,14,18H,9-10H2,1-8H3/t12-,14+/m1/s1. The van der Waals surface area contributed by atoms with Crippen molar-refractivity contribution in [3.63, 3.8) is 0 Å². The molecule has 0 saturated carbocycles. The molecule has 0 spiro atoms. The molecule has 0 aliphatic rings. The lowest BCUT2D eigenvalue weighted by Crippen LogP contribution is -2.46. The van der Waals surface area contributed by atoms with Crippen LogP contribution in [-0.4, -0.2) is 45.0 Å². The van der Waals surface area contributed by atoms with Crippen LogP contribution in [0.25, 0.3) is 0 Å². The zero-order valence-electron chi connectivity index (χ0n) is 15.2. The maximum atomic E-state index is 12.0. The van der Waals surface area contributed by atoms with Crippen LogP contribution >= 0.6 is 0 Å². The van der Waals surface area contributed by atoms with Crippen molar-refractivity contribution in [2.45, 2.75) is 65.3 Å². The van der Waals surface area contributed by atoms with E-state index in [1.807, 2.05) is 0 Å². The maximum absolute atomic E-state index is 12.0. The van der Waals surface area contributed by atoms with Crippen molar-refractivity contribution < 1.29 is 23.9 Å². The molecule has 6 heteroatoms. The molecule has 130 valence electrons. The van der Waals surface area contributed by atoms with Crippen LogP contribution in [0.3, 0.4) is 0 Å². The summed E-state index contributed by atoms with van der Waals surface area (Å²) in [5.74, 6) is -0.836. The first-order chi connectivity index (χ1) is 9.86. The maximum Gasteiger partial charge on any atom is 0.335 e. The van der Waals surface area contributed by atoms with Crippen molar-refractivity contribution in [3.05, 3.63) is 0 Å². The van der Waals surface area contributed by atoms with Crippen molar-refractivity contribution in [2.24, 2.45) is 11.8 Å². The smallest absolute Gasteiger partial charge is 0.335 e. The first-order valence-electron chi connectivity index (χ1n) is 7.79. The molecule has 0 aromatic heterocycles. The largest absolute Gasteiger partial charge is 0.467 e. The number of aliphatic hydroxyl groups excluding tert-OH is 1. The van der Waals surface area contributed by atoms with Gasteiger partial charge in [-0.1, -0.05) is 34.6 Å². The van der Waals surface area contributed by atoms with E-state index in [-0.39, 0.29) is 23.2 Å². The van der Waals surface area contributed by atoms with E-state index in [1.54, 1.807) is 6.92 Å². The Hall–Kier alpha value is -0.723. The van der Waals surface area contributed by atoms with Crippen molar-refractivity contribution in [1.82, 2.24) is 0 Å². The van der Waals surface area contributed by atoms with E-state index < -0.39 is 20.4 Å². The van der Waals surface area contributed by atoms with Crippen LogP contribution in [0.15, 0.2) is 0 Å². The van der Waals surface area contributed by atoms with Gasteiger partial charge in [-0.3, -0.25) is 4.79 Å². The Morgan fingerprint density at radius 2 is 1.68 bits per heavy atom. The van der Waals surface area contributed by atoms with Gasteiger partial charge in [-0.2, -0.15) is 0 Å². The Bertz CT molecular complexity index is 390. The van der Waals surface area contributed by atoms with Crippen LogP contribution < -0.4 is 0 Å². The average Bonchev–Trinajstić information content (AvgIpc) is 2.42. The van der Waals surface area contributed by atoms with Crippen molar-refractivity contribution in [3.8, 4) is 0 Å². The molecule has 1 N–H and O–H groups in total. The van der Waals surface area contributed by atoms with Crippen LogP contribution in [-0.2, 0) is 18.8 Å². The second kappa shape index (κ2) is 8.22. The van der Waals surface area contributed by atoms with E-state index in [2.05, 4.69) is 45.5 Å². The molecule has 0 amide bonds. The molecule has 22 heavy (non-hydrogen) atoms. The summed E-state index contributed by atoms with van der Waals surface area (Å²) in [7, 11) is -0.792. The fraction of sp³-hybridized carbons (Fsp3) is 0.875. The Balaban J connectivity index is 4.58. The lowest BCUT2D eigenvalue weighted by Gasteiger charge is -2.43. The zero-order valence-corrected chi connectivity index (χ0v) is 16.2. The topological polar surface area (TPSA) is 72.8 Å². The summed E-state index contributed by atoms with van der Waals surface area (Å²) in [6, 6.07) is 0. The molecule has 0 bridgehead atoms. The van der Waals surface area contributed by atoms with Gasteiger partial charge < -0.3 is 14.3 Å². The first kappa shape index (κ1) is 21.3. The number of Topliss-reactive ketones (excluding diaryl/α,β-unsaturated/α-hetero) is 1. The van der Waals surface area contributed by atoms with Crippen LogP contribution in [0.2, 0.25) is 18.1 Å². The number of methoxy groups -OCH3 is 1. The van der Waals surface area contributed by atoms with Gasteiger partial charge >= 0.3 is 5.97 Å². The summed E-state index contributed by atoms with van der Waals surface area (Å²) in [5.41, 5.74) is 0. The summed E-state index contributed by atoms with van der Waals surface area (Å²) >= 11 is 0. The monoisotopic (exact) mass is 332 g/mol. The predicted molar refractivity (Wildman–Crippen MR) is 89.1 cm³/mol. The molecule has 0 heterocycles. The molecule has 0 fully saturated rings. The third-order valence-corrected chi connectivity index (χ3v) is 9.68. The molecular formula is C16H32O5Si. The molecule has 0 radical (unpaired) electrons. The summed E-state index contributed by atoms with van der Waals surface area (Å²) in [6.45, 7) is 15.2. The fourth-order valence-corrected chi connectivity index (χ4v) is 4.35. The molecule has 0 aromatic rings. The van der Waals surface area contributed by atoms with Gasteiger partial charge in [-0.15, -0.1) is 0 Å². The second-order valence-corrected chi connectivity index (χ2v) is 11.9. The fourth-order valence-electron chi connectivity index (χ4n) is 1.92. The highest BCUT2D eigenvalue weighted by Gasteiger charge is 2.43. The number of hydrogen-bond donors (Lipinski definition) is 1. The number of carbonyl (C=O) groups is 2. The van der Waals surface area contributed by atoms with Crippen molar-refractivity contribution in [1.29, 1.82) is 0 Å². The van der Waals surface area contributed by atoms with Crippen LogP contribution in [0.5, 0.6) is 0 Å². The minimum atomic E-state index is -1.98. The van der Waals surface area contributed by atoms with Gasteiger partial charge in [0.2, 0.25) is 0 Å². The molecule has 0 saturated heterocycles. The Morgan fingerprint density at radius 3 is 2.09 bits per heavy atom. The van der Waals surface area contributed by atoms with Crippen LogP contribution in [0.4, 0.5) is 0 Å². The zero-order chi connectivity index (χ0) is 17.7. The third kappa shape index (κ3) is 5.48. The minimum absolute atomic E-state index is 0.0846. The predicted octanol–water partition coefficient (Wildman–Crippen LogP) is 2.77. The van der Waals surface area contributed by atoms with Crippen LogP contribution in [0.1, 0.15) is 41.0 Å². The van der Waals surface area contributed by atoms with Gasteiger partial charge in [-0.05, 0) is 24.1 Å². The number of ether oxygens (including phenoxy) is 1. The Kier molecular flexibility index (Phi) is 7.95. The molecule has 0 rings (SSSR count). The normalized spacial score (nSPS) is 15.5. The minimum Gasteiger partial charge on any atom is -0.467 e. The van der Waals surface area contributed by atoms with Crippen LogP contribution in [0, 0.1) is 11.8 Å². The highest BCUT2D eigenvalue weighted by atomic mass is 28.4. The van der Waals surface area contributed by atoms with Gasteiger partial charge in [0, 0.05) is 18.9 Å². The summed E-state index contributed by atoms with van der Waals surface area (Å²) in [4.78, 5) is 23.2. The second-order valence-electron chi connectivity index (χ2n) is 7.31. The van der Waals surface area contributed by atoms with Gasteiger partial charge in [0.1, 0.15) is 5.78 Å². The van der Waals surface area contributed by atoms with E-state index in [4.69, 9.17) is 4.43 Å². The molecular weight excluding hydrogens is 300 g/mol. The quantitative estimate of drug-likeness (QED) is 0.519. The molecule has 0 aliphatic carbocycles. The van der Waals surface area contributed by atoms with E-state index in [1.165, 1.54) is 7.11 Å². The molecule has 0 unspecified atom stereocenters. The average molecular weight is 333 g/mol. The van der Waals surface area contributed by atoms with E-state index in [0.717, 1.165) is 0 Å². The number of ketones is 1. The number of hydrogen-bond acceptors (Lipinski definition) is 5. The van der Waals surface area contributed by atoms with E-state index in [9.17, 15) is 14.7 Å².